The average molecular weight is 340 g/mol. The first-order chi connectivity index (χ1) is 12.1. The van der Waals surface area contributed by atoms with Crippen LogP contribution in [-0.2, 0) is 9.53 Å². The van der Waals surface area contributed by atoms with E-state index in [1.165, 1.54) is 0 Å². The molecule has 0 N–H and O–H groups in total. The molecule has 5 heteroatoms. The van der Waals surface area contributed by atoms with Crippen molar-refractivity contribution in [2.24, 2.45) is 0 Å². The van der Waals surface area contributed by atoms with E-state index in [2.05, 4.69) is 4.98 Å². The number of aromatic nitrogens is 1. The smallest absolute Gasteiger partial charge is 0.340 e. The predicted molar refractivity (Wildman–Crippen MR) is 96.5 cm³/mol. The molecule has 5 nitrogen and oxygen atoms in total. The fourth-order valence-corrected chi connectivity index (χ4v) is 3.44. The molecule has 0 saturated carbocycles. The van der Waals surface area contributed by atoms with Gasteiger partial charge in [0.1, 0.15) is 0 Å². The second-order valence-electron chi connectivity index (χ2n) is 6.59. The summed E-state index contributed by atoms with van der Waals surface area (Å²) >= 11 is 0. The van der Waals surface area contributed by atoms with Crippen molar-refractivity contribution in [3.05, 3.63) is 41.1 Å². The van der Waals surface area contributed by atoms with Crippen LogP contribution in [0.15, 0.2) is 24.3 Å². The molecule has 25 heavy (non-hydrogen) atoms. The second kappa shape index (κ2) is 7.64. The number of carbonyl (C=O) groups excluding carboxylic acids is 2. The van der Waals surface area contributed by atoms with Gasteiger partial charge in [-0.05, 0) is 38.3 Å². The summed E-state index contributed by atoms with van der Waals surface area (Å²) < 4.78 is 5.32. The first-order valence-electron chi connectivity index (χ1n) is 8.89. The van der Waals surface area contributed by atoms with Crippen LogP contribution in [0, 0.1) is 13.8 Å². The van der Waals surface area contributed by atoms with Gasteiger partial charge < -0.3 is 9.64 Å². The number of fused-ring (bicyclic) bond motifs is 1. The fourth-order valence-electron chi connectivity index (χ4n) is 3.44. The summed E-state index contributed by atoms with van der Waals surface area (Å²) in [7, 11) is 0. The van der Waals surface area contributed by atoms with Crippen LogP contribution in [0.1, 0.15) is 47.3 Å². The van der Waals surface area contributed by atoms with E-state index >= 15 is 0 Å². The third-order valence-electron chi connectivity index (χ3n) is 4.82. The SMILES string of the molecule is Cc1nc2ccccc2c(C)c1C(=O)OCC(=O)N1CCCCCC1. The third-order valence-corrected chi connectivity index (χ3v) is 4.82. The van der Waals surface area contributed by atoms with E-state index in [-0.39, 0.29) is 12.5 Å². The van der Waals surface area contributed by atoms with Gasteiger partial charge in [-0.15, -0.1) is 0 Å². The van der Waals surface area contributed by atoms with Crippen molar-refractivity contribution in [1.82, 2.24) is 9.88 Å². The Kier molecular flexibility index (Phi) is 5.31. The first-order valence-corrected chi connectivity index (χ1v) is 8.89. The molecule has 0 radical (unpaired) electrons. The van der Waals surface area contributed by atoms with Crippen LogP contribution in [0.5, 0.6) is 0 Å². The standard InChI is InChI=1S/C20H24N2O3/c1-14-16-9-5-6-10-17(16)21-15(2)19(14)20(24)25-13-18(23)22-11-7-3-4-8-12-22/h5-6,9-10H,3-4,7-8,11-13H2,1-2H3. The van der Waals surface area contributed by atoms with E-state index in [4.69, 9.17) is 4.74 Å². The Bertz CT molecular complexity index is 793. The van der Waals surface area contributed by atoms with Crippen LogP contribution in [0.25, 0.3) is 10.9 Å². The molecule has 0 aliphatic carbocycles. The molecule has 1 aromatic heterocycles. The van der Waals surface area contributed by atoms with E-state index in [0.29, 0.717) is 11.3 Å². The lowest BCUT2D eigenvalue weighted by atomic mass is 10.0. The Hall–Kier alpha value is -2.43. The Morgan fingerprint density at radius 2 is 1.76 bits per heavy atom. The van der Waals surface area contributed by atoms with Crippen molar-refractivity contribution in [2.75, 3.05) is 19.7 Å². The largest absolute Gasteiger partial charge is 0.452 e. The van der Waals surface area contributed by atoms with E-state index < -0.39 is 5.97 Å². The summed E-state index contributed by atoms with van der Waals surface area (Å²) in [4.78, 5) is 31.1. The van der Waals surface area contributed by atoms with Gasteiger partial charge in [0.15, 0.2) is 6.61 Å². The van der Waals surface area contributed by atoms with E-state index in [1.807, 2.05) is 31.2 Å². The molecule has 1 amide bonds. The molecule has 3 rings (SSSR count). The normalized spacial score (nSPS) is 15.0. The van der Waals surface area contributed by atoms with Gasteiger partial charge in [-0.3, -0.25) is 9.78 Å². The van der Waals surface area contributed by atoms with Gasteiger partial charge in [0.25, 0.3) is 5.91 Å². The van der Waals surface area contributed by atoms with Crippen LogP contribution in [0.3, 0.4) is 0 Å². The zero-order valence-corrected chi connectivity index (χ0v) is 14.9. The number of benzene rings is 1. The fraction of sp³-hybridized carbons (Fsp3) is 0.450. The number of pyridine rings is 1. The lowest BCUT2D eigenvalue weighted by molar-refractivity contribution is -0.134. The molecule has 1 aromatic carbocycles. The predicted octanol–water partition coefficient (Wildman–Crippen LogP) is 3.41. The highest BCUT2D eigenvalue weighted by Crippen LogP contribution is 2.23. The molecule has 0 bridgehead atoms. The number of likely N-dealkylation sites (tertiary alicyclic amines) is 1. The van der Waals surface area contributed by atoms with Crippen molar-refractivity contribution in [3.8, 4) is 0 Å². The lowest BCUT2D eigenvalue weighted by Gasteiger charge is -2.20. The van der Waals surface area contributed by atoms with Crippen LogP contribution in [-0.4, -0.2) is 41.5 Å². The van der Waals surface area contributed by atoms with Gasteiger partial charge in [0.05, 0.1) is 16.8 Å². The molecule has 1 aliphatic rings. The summed E-state index contributed by atoms with van der Waals surface area (Å²) in [6, 6.07) is 7.71. The third kappa shape index (κ3) is 3.81. The number of hydrogen-bond acceptors (Lipinski definition) is 4. The molecular formula is C20H24N2O3. The average Bonchev–Trinajstić information content (AvgIpc) is 2.89. The van der Waals surface area contributed by atoms with E-state index in [1.54, 1.807) is 11.8 Å². The number of aryl methyl sites for hydroxylation is 2. The molecule has 0 atom stereocenters. The number of para-hydroxylation sites is 1. The lowest BCUT2D eigenvalue weighted by Crippen LogP contribution is -2.35. The quantitative estimate of drug-likeness (QED) is 0.804. The number of ether oxygens (including phenoxy) is 1. The molecule has 132 valence electrons. The number of rotatable bonds is 3. The molecule has 1 fully saturated rings. The molecule has 0 unspecified atom stereocenters. The van der Waals surface area contributed by atoms with Crippen molar-refractivity contribution in [3.63, 3.8) is 0 Å². The summed E-state index contributed by atoms with van der Waals surface area (Å²) in [5.74, 6) is -0.587. The van der Waals surface area contributed by atoms with E-state index in [0.717, 1.165) is 55.2 Å². The molecule has 0 spiro atoms. The van der Waals surface area contributed by atoms with E-state index in [9.17, 15) is 9.59 Å². The summed E-state index contributed by atoms with van der Waals surface area (Å²) in [5, 5.41) is 0.930. The topological polar surface area (TPSA) is 59.5 Å². The van der Waals surface area contributed by atoms with Gasteiger partial charge in [0.2, 0.25) is 0 Å². The Morgan fingerprint density at radius 3 is 2.48 bits per heavy atom. The highest BCUT2D eigenvalue weighted by atomic mass is 16.5. The Balaban J connectivity index is 1.73. The maximum absolute atomic E-state index is 12.6. The molecular weight excluding hydrogens is 316 g/mol. The first kappa shape index (κ1) is 17.4. The van der Waals surface area contributed by atoms with Crippen LogP contribution < -0.4 is 0 Å². The van der Waals surface area contributed by atoms with Crippen LogP contribution in [0.2, 0.25) is 0 Å². The van der Waals surface area contributed by atoms with Crippen molar-refractivity contribution < 1.29 is 14.3 Å². The molecule has 1 aliphatic heterocycles. The zero-order chi connectivity index (χ0) is 17.8. The van der Waals surface area contributed by atoms with Crippen molar-refractivity contribution in [1.29, 1.82) is 0 Å². The Morgan fingerprint density at radius 1 is 1.08 bits per heavy atom. The summed E-state index contributed by atoms with van der Waals surface area (Å²) in [6.07, 6.45) is 4.36. The van der Waals surface area contributed by atoms with Crippen LogP contribution in [0.4, 0.5) is 0 Å². The zero-order valence-electron chi connectivity index (χ0n) is 14.9. The van der Waals surface area contributed by atoms with Gasteiger partial charge in [-0.25, -0.2) is 4.79 Å². The monoisotopic (exact) mass is 340 g/mol. The maximum Gasteiger partial charge on any atom is 0.340 e. The minimum atomic E-state index is -0.476. The van der Waals surface area contributed by atoms with Crippen LogP contribution >= 0.6 is 0 Å². The Labute approximate surface area is 148 Å². The van der Waals surface area contributed by atoms with Gasteiger partial charge in [-0.1, -0.05) is 31.0 Å². The summed E-state index contributed by atoms with van der Waals surface area (Å²) in [5.41, 5.74) is 2.79. The second-order valence-corrected chi connectivity index (χ2v) is 6.59. The highest BCUT2D eigenvalue weighted by molar-refractivity contribution is 5.99. The minimum Gasteiger partial charge on any atom is -0.452 e. The van der Waals surface area contributed by atoms with Gasteiger partial charge in [-0.2, -0.15) is 0 Å². The number of amides is 1. The minimum absolute atomic E-state index is 0.112. The number of carbonyl (C=O) groups is 2. The van der Waals surface area contributed by atoms with Crippen molar-refractivity contribution in [2.45, 2.75) is 39.5 Å². The molecule has 2 aromatic rings. The maximum atomic E-state index is 12.6. The van der Waals surface area contributed by atoms with Gasteiger partial charge >= 0.3 is 5.97 Å². The number of hydrogen-bond donors (Lipinski definition) is 0. The number of esters is 1. The molecule has 1 saturated heterocycles. The summed E-state index contributed by atoms with van der Waals surface area (Å²) in [6.45, 7) is 5.00. The van der Waals surface area contributed by atoms with Gasteiger partial charge in [0, 0.05) is 18.5 Å². The highest BCUT2D eigenvalue weighted by Gasteiger charge is 2.21. The van der Waals surface area contributed by atoms with Crippen molar-refractivity contribution >= 4 is 22.8 Å². The molecule has 2 heterocycles. The number of nitrogens with zero attached hydrogens (tertiary/aromatic N) is 2.